The quantitative estimate of drug-likeness (QED) is 0.431. The summed E-state index contributed by atoms with van der Waals surface area (Å²) >= 11 is 0. The van der Waals surface area contributed by atoms with E-state index in [1.165, 1.54) is 25.7 Å². The van der Waals surface area contributed by atoms with E-state index in [-0.39, 0.29) is 23.4 Å². The van der Waals surface area contributed by atoms with Crippen LogP contribution in [-0.4, -0.2) is 12.1 Å². The molecule has 4 rings (SSSR count). The predicted octanol–water partition coefficient (Wildman–Crippen LogP) is 2.05. The maximum Gasteiger partial charge on any atom is 0.311 e. The Morgan fingerprint density at radius 3 is 3.14 bits per heavy atom. The van der Waals surface area contributed by atoms with Gasteiger partial charge in [0.25, 0.3) is 0 Å². The summed E-state index contributed by atoms with van der Waals surface area (Å²) in [5, 5.41) is 0. The Kier molecular flexibility index (Phi) is 1.03. The fourth-order valence-corrected chi connectivity index (χ4v) is 4.52. The van der Waals surface area contributed by atoms with Gasteiger partial charge in [0.15, 0.2) is 0 Å². The molecule has 2 saturated carbocycles. The number of fused-ring (bicyclic) bond motifs is 1. The van der Waals surface area contributed by atoms with Gasteiger partial charge in [-0.2, -0.15) is 0 Å². The van der Waals surface area contributed by atoms with Crippen molar-refractivity contribution in [2.24, 2.45) is 16.7 Å². The lowest BCUT2D eigenvalue weighted by Gasteiger charge is -2.34. The van der Waals surface area contributed by atoms with Crippen LogP contribution in [-0.2, 0) is 9.53 Å². The molecule has 74 valence electrons. The monoisotopic (exact) mass is 190 g/mol. The van der Waals surface area contributed by atoms with Gasteiger partial charge in [0.1, 0.15) is 6.10 Å². The maximum absolute atomic E-state index is 11.8. The van der Waals surface area contributed by atoms with Crippen molar-refractivity contribution in [3.63, 3.8) is 0 Å². The first-order chi connectivity index (χ1) is 6.79. The zero-order valence-corrected chi connectivity index (χ0v) is 8.16. The molecule has 0 amide bonds. The zero-order chi connectivity index (χ0) is 9.39. The van der Waals surface area contributed by atoms with Gasteiger partial charge in [-0.3, -0.25) is 4.79 Å². The first-order valence-electron chi connectivity index (χ1n) is 5.68. The van der Waals surface area contributed by atoms with Gasteiger partial charge >= 0.3 is 5.97 Å². The van der Waals surface area contributed by atoms with E-state index in [1.54, 1.807) is 0 Å². The van der Waals surface area contributed by atoms with E-state index in [0.717, 1.165) is 6.42 Å². The molecule has 2 nitrogen and oxygen atoms in total. The fourth-order valence-electron chi connectivity index (χ4n) is 4.52. The molecule has 1 saturated heterocycles. The molecule has 4 aliphatic rings. The summed E-state index contributed by atoms with van der Waals surface area (Å²) in [4.78, 5) is 11.8. The molecule has 4 unspecified atom stereocenters. The molecule has 3 aliphatic carbocycles. The second-order valence-electron chi connectivity index (χ2n) is 5.38. The van der Waals surface area contributed by atoms with Gasteiger partial charge in [0, 0.05) is 5.41 Å². The van der Waals surface area contributed by atoms with E-state index in [1.807, 2.05) is 0 Å². The number of carbonyl (C=O) groups is 1. The third kappa shape index (κ3) is 0.547. The lowest BCUT2D eigenvalue weighted by molar-refractivity contribution is -0.154. The summed E-state index contributed by atoms with van der Waals surface area (Å²) in [5.41, 5.74) is 0.593. The Morgan fingerprint density at radius 2 is 2.21 bits per heavy atom. The first kappa shape index (κ1) is 7.49. The number of ether oxygens (including phenoxy) is 1. The van der Waals surface area contributed by atoms with Gasteiger partial charge in [-0.25, -0.2) is 0 Å². The number of hydrogen-bond donors (Lipinski definition) is 0. The molecule has 0 aromatic heterocycles. The first-order valence-corrected chi connectivity index (χ1v) is 5.68. The number of esters is 1. The largest absolute Gasteiger partial charge is 0.458 e. The van der Waals surface area contributed by atoms with Crippen molar-refractivity contribution in [2.75, 3.05) is 0 Å². The van der Waals surface area contributed by atoms with Crippen LogP contribution in [0.25, 0.3) is 0 Å². The molecule has 2 bridgehead atoms. The van der Waals surface area contributed by atoms with Crippen molar-refractivity contribution in [3.05, 3.63) is 12.2 Å². The van der Waals surface area contributed by atoms with E-state index < -0.39 is 0 Å². The van der Waals surface area contributed by atoms with Gasteiger partial charge in [-0.15, -0.1) is 0 Å². The molecule has 2 heteroatoms. The van der Waals surface area contributed by atoms with Crippen LogP contribution in [0, 0.1) is 16.7 Å². The second kappa shape index (κ2) is 1.93. The van der Waals surface area contributed by atoms with Crippen molar-refractivity contribution < 1.29 is 9.53 Å². The molecule has 1 spiro atoms. The Balaban J connectivity index is 1.90. The molecular formula is C12H14O2. The highest BCUT2D eigenvalue weighted by molar-refractivity contribution is 5.82. The van der Waals surface area contributed by atoms with Crippen molar-refractivity contribution in [2.45, 2.75) is 38.2 Å². The SMILES string of the molecule is O=C1OC2C=CC34CCCCC3(C2)C14. The third-order valence-electron chi connectivity index (χ3n) is 5.05. The Labute approximate surface area is 83.3 Å². The summed E-state index contributed by atoms with van der Waals surface area (Å²) in [5.74, 6) is 0.320. The molecule has 0 radical (unpaired) electrons. The lowest BCUT2D eigenvalue weighted by atomic mass is 9.73. The molecule has 1 heterocycles. The average Bonchev–Trinajstić information content (AvgIpc) is 2.83. The summed E-state index contributed by atoms with van der Waals surface area (Å²) in [7, 11) is 0. The van der Waals surface area contributed by atoms with Crippen LogP contribution in [0.1, 0.15) is 32.1 Å². The third-order valence-corrected chi connectivity index (χ3v) is 5.05. The van der Waals surface area contributed by atoms with Crippen LogP contribution >= 0.6 is 0 Å². The smallest absolute Gasteiger partial charge is 0.311 e. The molecule has 1 aliphatic heterocycles. The van der Waals surface area contributed by atoms with Crippen molar-refractivity contribution in [1.82, 2.24) is 0 Å². The van der Waals surface area contributed by atoms with Crippen molar-refractivity contribution in [3.8, 4) is 0 Å². The molecular weight excluding hydrogens is 176 g/mol. The molecule has 0 N–H and O–H groups in total. The Bertz CT molecular complexity index is 359. The normalized spacial score (nSPS) is 57.6. The van der Waals surface area contributed by atoms with Crippen LogP contribution in [0.15, 0.2) is 12.2 Å². The number of allylic oxidation sites excluding steroid dienone is 1. The molecule has 14 heavy (non-hydrogen) atoms. The number of carbonyl (C=O) groups excluding carboxylic acids is 1. The van der Waals surface area contributed by atoms with Crippen LogP contribution in [0.5, 0.6) is 0 Å². The average molecular weight is 190 g/mol. The van der Waals surface area contributed by atoms with Crippen LogP contribution in [0.3, 0.4) is 0 Å². The lowest BCUT2D eigenvalue weighted by Crippen LogP contribution is -2.32. The summed E-state index contributed by atoms with van der Waals surface area (Å²) in [6, 6.07) is 0. The highest BCUT2D eigenvalue weighted by atomic mass is 16.5. The summed E-state index contributed by atoms with van der Waals surface area (Å²) in [6.45, 7) is 0. The number of rotatable bonds is 0. The topological polar surface area (TPSA) is 26.3 Å². The summed E-state index contributed by atoms with van der Waals surface area (Å²) < 4.78 is 5.39. The van der Waals surface area contributed by atoms with E-state index in [9.17, 15) is 4.79 Å². The Hall–Kier alpha value is -0.790. The van der Waals surface area contributed by atoms with Crippen LogP contribution in [0.4, 0.5) is 0 Å². The predicted molar refractivity (Wildman–Crippen MR) is 50.5 cm³/mol. The van der Waals surface area contributed by atoms with Gasteiger partial charge < -0.3 is 4.74 Å². The van der Waals surface area contributed by atoms with E-state index in [4.69, 9.17) is 4.74 Å². The molecule has 4 atom stereocenters. The van der Waals surface area contributed by atoms with Crippen molar-refractivity contribution >= 4 is 5.97 Å². The number of hydrogen-bond acceptors (Lipinski definition) is 2. The van der Waals surface area contributed by atoms with Crippen LogP contribution in [0.2, 0.25) is 0 Å². The highest BCUT2D eigenvalue weighted by Gasteiger charge is 2.81. The second-order valence-corrected chi connectivity index (χ2v) is 5.38. The zero-order valence-electron chi connectivity index (χ0n) is 8.16. The van der Waals surface area contributed by atoms with Crippen LogP contribution < -0.4 is 0 Å². The Morgan fingerprint density at radius 1 is 1.36 bits per heavy atom. The van der Waals surface area contributed by atoms with Gasteiger partial charge in [-0.1, -0.05) is 18.9 Å². The van der Waals surface area contributed by atoms with E-state index >= 15 is 0 Å². The van der Waals surface area contributed by atoms with Gasteiger partial charge in [0.2, 0.25) is 0 Å². The molecule has 0 aromatic carbocycles. The van der Waals surface area contributed by atoms with Gasteiger partial charge in [-0.05, 0) is 30.8 Å². The summed E-state index contributed by atoms with van der Waals surface area (Å²) in [6.07, 6.45) is 10.7. The minimum absolute atomic E-state index is 0.0909. The molecule has 0 aromatic rings. The molecule has 3 fully saturated rings. The minimum Gasteiger partial charge on any atom is -0.458 e. The maximum atomic E-state index is 11.8. The standard InChI is InChI=1S/C12H14O2/c13-10-9-11-4-1-2-5-12(9,11)7-8(14-10)3-6-11/h3,6,8-9H,1-2,4-5,7H2. The fraction of sp³-hybridized carbons (Fsp3) is 0.750. The van der Waals surface area contributed by atoms with Crippen molar-refractivity contribution in [1.29, 1.82) is 0 Å². The highest BCUT2D eigenvalue weighted by Crippen LogP contribution is 2.81. The minimum atomic E-state index is 0.0909. The van der Waals surface area contributed by atoms with Gasteiger partial charge in [0.05, 0.1) is 5.92 Å². The van der Waals surface area contributed by atoms with E-state index in [0.29, 0.717) is 5.41 Å². The van der Waals surface area contributed by atoms with E-state index in [2.05, 4.69) is 12.2 Å².